The number of nitrogens with one attached hydrogen (secondary N) is 2. The fourth-order valence-corrected chi connectivity index (χ4v) is 4.16. The highest BCUT2D eigenvalue weighted by Gasteiger charge is 2.18. The Kier molecular flexibility index (Phi) is 6.84. The molecule has 3 aromatic carbocycles. The predicted octanol–water partition coefficient (Wildman–Crippen LogP) is 4.53. The molecule has 0 saturated carbocycles. The van der Waals surface area contributed by atoms with Crippen LogP contribution in [0.5, 0.6) is 5.75 Å². The molecule has 1 fully saturated rings. The molecule has 1 aliphatic heterocycles. The Labute approximate surface area is 189 Å². The van der Waals surface area contributed by atoms with E-state index in [2.05, 4.69) is 26.6 Å². The van der Waals surface area contributed by atoms with Gasteiger partial charge in [0.05, 0.1) is 21.8 Å². The lowest BCUT2D eigenvalue weighted by Gasteiger charge is -2.14. The summed E-state index contributed by atoms with van der Waals surface area (Å²) in [5.74, 6) is -0.0135. The quantitative estimate of drug-likeness (QED) is 0.518. The highest BCUT2D eigenvalue weighted by Crippen LogP contribution is 2.33. The second-order valence-corrected chi connectivity index (χ2v) is 8.12. The Bertz CT molecular complexity index is 1100. The average molecular weight is 483 g/mol. The van der Waals surface area contributed by atoms with E-state index in [1.807, 2.05) is 36.4 Å². The van der Waals surface area contributed by atoms with Crippen LogP contribution in [0.3, 0.4) is 0 Å². The lowest BCUT2D eigenvalue weighted by atomic mass is 10.1. The van der Waals surface area contributed by atoms with Crippen LogP contribution < -0.4 is 15.4 Å². The third-order valence-electron chi connectivity index (χ3n) is 5.15. The van der Waals surface area contributed by atoms with Gasteiger partial charge in [0.1, 0.15) is 5.75 Å². The Morgan fingerprint density at radius 2 is 1.87 bits per heavy atom. The van der Waals surface area contributed by atoms with Gasteiger partial charge in [-0.1, -0.05) is 42.5 Å². The zero-order chi connectivity index (χ0) is 21.6. The molecule has 7 heteroatoms. The smallest absolute Gasteiger partial charge is 0.262 e. The van der Waals surface area contributed by atoms with Crippen LogP contribution >= 0.6 is 15.9 Å². The molecule has 1 heterocycles. The van der Waals surface area contributed by atoms with Gasteiger partial charge in [0.25, 0.3) is 11.8 Å². The molecule has 0 aromatic heterocycles. The van der Waals surface area contributed by atoms with Gasteiger partial charge in [0, 0.05) is 13.2 Å². The van der Waals surface area contributed by atoms with Crippen molar-refractivity contribution in [2.24, 2.45) is 0 Å². The number of carbonyl (C=O) groups excluding carboxylic acids is 2. The molecule has 3 aromatic rings. The maximum absolute atomic E-state index is 12.6. The van der Waals surface area contributed by atoms with E-state index in [-0.39, 0.29) is 24.5 Å². The molecular formula is C24H23BrN2O4. The standard InChI is InChI=1S/C24H23BrN2O4/c25-23-18-8-2-1-6-16(18)11-12-21(23)31-15-22(28)27-20-10-4-3-9-19(20)24(29)26-14-17-7-5-13-30-17/h1-4,6,8-12,17H,5,7,13-15H2,(H,26,29)(H,27,28)/t17-/m1/s1. The fourth-order valence-electron chi connectivity index (χ4n) is 3.55. The van der Waals surface area contributed by atoms with E-state index in [9.17, 15) is 9.59 Å². The zero-order valence-electron chi connectivity index (χ0n) is 16.9. The Morgan fingerprint density at radius 1 is 1.06 bits per heavy atom. The molecule has 1 saturated heterocycles. The summed E-state index contributed by atoms with van der Waals surface area (Å²) < 4.78 is 12.1. The number of halogens is 1. The largest absolute Gasteiger partial charge is 0.483 e. The Hall–Kier alpha value is -2.90. The first-order chi connectivity index (χ1) is 15.1. The molecule has 31 heavy (non-hydrogen) atoms. The van der Waals surface area contributed by atoms with Crippen molar-refractivity contribution in [2.75, 3.05) is 25.1 Å². The van der Waals surface area contributed by atoms with Gasteiger partial charge in [-0.2, -0.15) is 0 Å². The molecule has 1 atom stereocenters. The number of anilines is 1. The third-order valence-corrected chi connectivity index (χ3v) is 5.96. The summed E-state index contributed by atoms with van der Waals surface area (Å²) in [6.07, 6.45) is 2.01. The van der Waals surface area contributed by atoms with E-state index in [1.165, 1.54) is 0 Å². The van der Waals surface area contributed by atoms with E-state index in [0.717, 1.165) is 34.7 Å². The first-order valence-electron chi connectivity index (χ1n) is 10.2. The normalized spacial score (nSPS) is 15.6. The molecule has 0 spiro atoms. The lowest BCUT2D eigenvalue weighted by Crippen LogP contribution is -2.32. The summed E-state index contributed by atoms with van der Waals surface area (Å²) in [4.78, 5) is 25.1. The maximum atomic E-state index is 12.6. The summed E-state index contributed by atoms with van der Waals surface area (Å²) in [7, 11) is 0. The van der Waals surface area contributed by atoms with E-state index in [1.54, 1.807) is 24.3 Å². The number of ether oxygens (including phenoxy) is 2. The molecule has 160 valence electrons. The van der Waals surface area contributed by atoms with Crippen molar-refractivity contribution < 1.29 is 19.1 Å². The lowest BCUT2D eigenvalue weighted by molar-refractivity contribution is -0.118. The number of fused-ring (bicyclic) bond motifs is 1. The van der Waals surface area contributed by atoms with Crippen LogP contribution in [0.4, 0.5) is 5.69 Å². The third kappa shape index (κ3) is 5.24. The second-order valence-electron chi connectivity index (χ2n) is 7.33. The molecule has 0 radical (unpaired) electrons. The minimum absolute atomic E-state index is 0.0551. The minimum Gasteiger partial charge on any atom is -0.483 e. The molecule has 0 aliphatic carbocycles. The zero-order valence-corrected chi connectivity index (χ0v) is 18.5. The minimum atomic E-state index is -0.348. The van der Waals surface area contributed by atoms with Crippen molar-refractivity contribution >= 4 is 44.2 Å². The topological polar surface area (TPSA) is 76.7 Å². The van der Waals surface area contributed by atoms with Crippen molar-refractivity contribution in [1.82, 2.24) is 5.32 Å². The molecule has 4 rings (SSSR count). The molecule has 0 bridgehead atoms. The van der Waals surface area contributed by atoms with Gasteiger partial charge < -0.3 is 20.1 Å². The number of carbonyl (C=O) groups is 2. The van der Waals surface area contributed by atoms with Crippen LogP contribution in [0.2, 0.25) is 0 Å². The van der Waals surface area contributed by atoms with Gasteiger partial charge in [-0.15, -0.1) is 0 Å². The summed E-state index contributed by atoms with van der Waals surface area (Å²) in [5, 5.41) is 7.75. The van der Waals surface area contributed by atoms with Crippen LogP contribution in [-0.2, 0) is 9.53 Å². The summed E-state index contributed by atoms with van der Waals surface area (Å²) in [5.41, 5.74) is 0.847. The van der Waals surface area contributed by atoms with Crippen molar-refractivity contribution in [2.45, 2.75) is 18.9 Å². The van der Waals surface area contributed by atoms with Crippen molar-refractivity contribution in [3.8, 4) is 5.75 Å². The maximum Gasteiger partial charge on any atom is 0.262 e. The van der Waals surface area contributed by atoms with Gasteiger partial charge in [-0.25, -0.2) is 0 Å². The monoisotopic (exact) mass is 482 g/mol. The molecule has 0 unspecified atom stereocenters. The highest BCUT2D eigenvalue weighted by molar-refractivity contribution is 9.10. The van der Waals surface area contributed by atoms with Crippen molar-refractivity contribution in [3.63, 3.8) is 0 Å². The van der Waals surface area contributed by atoms with Crippen molar-refractivity contribution in [1.29, 1.82) is 0 Å². The summed E-state index contributed by atoms with van der Waals surface area (Å²) >= 11 is 3.55. The van der Waals surface area contributed by atoms with E-state index >= 15 is 0 Å². The Morgan fingerprint density at radius 3 is 2.71 bits per heavy atom. The van der Waals surface area contributed by atoms with Gasteiger partial charge in [0.15, 0.2) is 6.61 Å². The number of benzene rings is 3. The van der Waals surface area contributed by atoms with Gasteiger partial charge in [0.2, 0.25) is 0 Å². The van der Waals surface area contributed by atoms with E-state index < -0.39 is 0 Å². The number of amides is 2. The summed E-state index contributed by atoms with van der Waals surface area (Å²) in [6, 6.07) is 18.6. The first-order valence-corrected chi connectivity index (χ1v) is 11.0. The second kappa shape index (κ2) is 9.94. The number of hydrogen-bond donors (Lipinski definition) is 2. The van der Waals surface area contributed by atoms with Gasteiger partial charge in [-0.3, -0.25) is 9.59 Å². The average Bonchev–Trinajstić information content (AvgIpc) is 3.31. The predicted molar refractivity (Wildman–Crippen MR) is 124 cm³/mol. The van der Waals surface area contributed by atoms with Crippen LogP contribution in [0, 0.1) is 0 Å². The van der Waals surface area contributed by atoms with Gasteiger partial charge in [-0.05, 0) is 57.7 Å². The SMILES string of the molecule is O=C(COc1ccc2ccccc2c1Br)Nc1ccccc1C(=O)NC[C@H]1CCCO1. The number of hydrogen-bond acceptors (Lipinski definition) is 4. The van der Waals surface area contributed by atoms with Gasteiger partial charge >= 0.3 is 0 Å². The number of rotatable bonds is 7. The van der Waals surface area contributed by atoms with Crippen LogP contribution in [-0.4, -0.2) is 37.7 Å². The van der Waals surface area contributed by atoms with E-state index in [0.29, 0.717) is 23.5 Å². The van der Waals surface area contributed by atoms with Crippen LogP contribution in [0.25, 0.3) is 10.8 Å². The van der Waals surface area contributed by atoms with Crippen LogP contribution in [0.1, 0.15) is 23.2 Å². The fraction of sp³-hybridized carbons (Fsp3) is 0.250. The van der Waals surface area contributed by atoms with Crippen LogP contribution in [0.15, 0.2) is 65.1 Å². The first kappa shape index (κ1) is 21.3. The number of para-hydroxylation sites is 1. The summed E-state index contributed by atoms with van der Waals surface area (Å²) in [6.45, 7) is 1.02. The van der Waals surface area contributed by atoms with Crippen molar-refractivity contribution in [3.05, 3.63) is 70.7 Å². The molecule has 1 aliphatic rings. The molecular weight excluding hydrogens is 460 g/mol. The molecule has 2 amide bonds. The highest BCUT2D eigenvalue weighted by atomic mass is 79.9. The molecule has 6 nitrogen and oxygen atoms in total. The van der Waals surface area contributed by atoms with E-state index in [4.69, 9.17) is 9.47 Å². The Balaban J connectivity index is 1.37. The molecule has 2 N–H and O–H groups in total.